The Bertz CT molecular complexity index is 836. The zero-order valence-corrected chi connectivity index (χ0v) is 21.2. The number of anilines is 1. The van der Waals surface area contributed by atoms with Crippen LogP contribution in [0.1, 0.15) is 51.4 Å². The fourth-order valence-electron chi connectivity index (χ4n) is 6.05. The second kappa shape index (κ2) is 12.5. The Morgan fingerprint density at radius 1 is 1.00 bits per heavy atom. The van der Waals surface area contributed by atoms with Gasteiger partial charge in [0.1, 0.15) is 5.75 Å². The van der Waals surface area contributed by atoms with E-state index in [1.807, 2.05) is 23.1 Å². The van der Waals surface area contributed by atoms with Crippen LogP contribution >= 0.6 is 0 Å². The van der Waals surface area contributed by atoms with Crippen LogP contribution in [-0.2, 0) is 4.79 Å². The number of carboxylic acids is 1. The lowest BCUT2D eigenvalue weighted by molar-refractivity contribution is -0.139. The number of nitrogens with one attached hydrogen (secondary N) is 1. The van der Waals surface area contributed by atoms with Crippen molar-refractivity contribution >= 4 is 17.7 Å². The third-order valence-corrected chi connectivity index (χ3v) is 8.16. The number of carbonyl (C=O) groups is 2. The standard InChI is InChI=1S/C27H42N4O4/c1-35-25-10-6-5-9-24(25)30-17-15-29(16-18-30)13-11-22-20-31(14-12-21(22)19-26(32)33)27(34)28-23-7-3-2-4-8-23/h5-6,9-10,21-23H,2-4,7-8,11-20H2,1H3,(H,28,34)(H,32,33). The number of likely N-dealkylation sites (tertiary alicyclic amines) is 1. The maximum absolute atomic E-state index is 12.9. The first-order valence-electron chi connectivity index (χ1n) is 13.4. The topological polar surface area (TPSA) is 85.4 Å². The molecule has 35 heavy (non-hydrogen) atoms. The summed E-state index contributed by atoms with van der Waals surface area (Å²) < 4.78 is 5.53. The maximum atomic E-state index is 12.9. The molecule has 1 aliphatic carbocycles. The van der Waals surface area contributed by atoms with E-state index in [4.69, 9.17) is 4.74 Å². The van der Waals surface area contributed by atoms with Crippen molar-refractivity contribution in [3.63, 3.8) is 0 Å². The zero-order valence-electron chi connectivity index (χ0n) is 21.2. The quantitative estimate of drug-likeness (QED) is 0.583. The summed E-state index contributed by atoms with van der Waals surface area (Å²) in [6.45, 7) is 6.10. The van der Waals surface area contributed by atoms with Gasteiger partial charge in [-0.2, -0.15) is 0 Å². The van der Waals surface area contributed by atoms with Crippen molar-refractivity contribution in [1.29, 1.82) is 0 Å². The lowest BCUT2D eigenvalue weighted by atomic mass is 9.81. The lowest BCUT2D eigenvalue weighted by Crippen LogP contribution is -2.52. The molecule has 3 fully saturated rings. The van der Waals surface area contributed by atoms with Gasteiger partial charge < -0.3 is 25.0 Å². The molecule has 2 atom stereocenters. The van der Waals surface area contributed by atoms with Crippen molar-refractivity contribution in [3.8, 4) is 5.75 Å². The zero-order chi connectivity index (χ0) is 24.6. The van der Waals surface area contributed by atoms with Crippen molar-refractivity contribution in [2.45, 2.75) is 57.4 Å². The van der Waals surface area contributed by atoms with Gasteiger partial charge in [-0.1, -0.05) is 31.4 Å². The molecule has 0 bridgehead atoms. The molecule has 3 aliphatic rings. The van der Waals surface area contributed by atoms with E-state index in [1.165, 1.54) is 19.3 Å². The molecule has 4 rings (SSSR count). The van der Waals surface area contributed by atoms with Crippen molar-refractivity contribution in [1.82, 2.24) is 15.1 Å². The average Bonchev–Trinajstić information content (AvgIpc) is 2.88. The number of ether oxygens (including phenoxy) is 1. The minimum Gasteiger partial charge on any atom is -0.495 e. The van der Waals surface area contributed by atoms with E-state index < -0.39 is 5.97 Å². The van der Waals surface area contributed by atoms with Gasteiger partial charge in [0, 0.05) is 51.7 Å². The Labute approximate surface area is 209 Å². The van der Waals surface area contributed by atoms with Gasteiger partial charge in [0.25, 0.3) is 0 Å². The number of carbonyl (C=O) groups excluding carboxylic acids is 1. The third-order valence-electron chi connectivity index (χ3n) is 8.16. The molecule has 8 nitrogen and oxygen atoms in total. The molecule has 2 unspecified atom stereocenters. The molecule has 2 amide bonds. The van der Waals surface area contributed by atoms with Crippen LogP contribution in [-0.4, -0.2) is 85.9 Å². The fraction of sp³-hybridized carbons (Fsp3) is 0.704. The fourth-order valence-corrected chi connectivity index (χ4v) is 6.05. The lowest BCUT2D eigenvalue weighted by Gasteiger charge is -2.41. The number of para-hydroxylation sites is 2. The molecule has 8 heteroatoms. The second-order valence-electron chi connectivity index (χ2n) is 10.4. The summed E-state index contributed by atoms with van der Waals surface area (Å²) in [6, 6.07) is 8.50. The van der Waals surface area contributed by atoms with Gasteiger partial charge in [-0.05, 0) is 56.2 Å². The molecule has 2 saturated heterocycles. The molecular formula is C27H42N4O4. The Balaban J connectivity index is 1.28. The van der Waals surface area contributed by atoms with Gasteiger partial charge in [0.15, 0.2) is 0 Å². The average molecular weight is 487 g/mol. The molecule has 2 N–H and O–H groups in total. The summed E-state index contributed by atoms with van der Waals surface area (Å²) in [5.41, 5.74) is 1.14. The number of hydrogen-bond acceptors (Lipinski definition) is 5. The molecule has 2 aliphatic heterocycles. The summed E-state index contributed by atoms with van der Waals surface area (Å²) in [4.78, 5) is 31.2. The number of piperazine rings is 1. The molecule has 0 aromatic heterocycles. The van der Waals surface area contributed by atoms with E-state index in [0.717, 1.165) is 69.8 Å². The Morgan fingerprint density at radius 2 is 1.74 bits per heavy atom. The van der Waals surface area contributed by atoms with Crippen LogP contribution in [0, 0.1) is 11.8 Å². The first-order chi connectivity index (χ1) is 17.0. The Morgan fingerprint density at radius 3 is 2.46 bits per heavy atom. The minimum atomic E-state index is -0.731. The number of piperidine rings is 1. The molecule has 1 aromatic rings. The highest BCUT2D eigenvalue weighted by Crippen LogP contribution is 2.31. The summed E-state index contributed by atoms with van der Waals surface area (Å²) in [6.07, 6.45) is 7.71. The number of methoxy groups -OCH3 is 1. The number of aliphatic carboxylic acids is 1. The molecule has 0 spiro atoms. The molecule has 2 heterocycles. The number of nitrogens with zero attached hydrogens (tertiary/aromatic N) is 3. The summed E-state index contributed by atoms with van der Waals surface area (Å²) in [5.74, 6) is 0.544. The minimum absolute atomic E-state index is 0.0427. The highest BCUT2D eigenvalue weighted by Gasteiger charge is 2.34. The SMILES string of the molecule is COc1ccccc1N1CCN(CCC2CN(C(=O)NC3CCCCC3)CCC2CC(=O)O)CC1. The van der Waals surface area contributed by atoms with Crippen LogP contribution in [0.4, 0.5) is 10.5 Å². The smallest absolute Gasteiger partial charge is 0.317 e. The van der Waals surface area contributed by atoms with Crippen LogP contribution < -0.4 is 15.0 Å². The van der Waals surface area contributed by atoms with E-state index in [1.54, 1.807) is 7.11 Å². The molecular weight excluding hydrogens is 444 g/mol. The Kier molecular flexibility index (Phi) is 9.12. The van der Waals surface area contributed by atoms with Crippen molar-refractivity contribution in [3.05, 3.63) is 24.3 Å². The van der Waals surface area contributed by atoms with Crippen molar-refractivity contribution in [2.75, 3.05) is 57.8 Å². The number of benzene rings is 1. The van der Waals surface area contributed by atoms with E-state index >= 15 is 0 Å². The monoisotopic (exact) mass is 486 g/mol. The number of amides is 2. The molecule has 1 saturated carbocycles. The largest absolute Gasteiger partial charge is 0.495 e. The Hall–Kier alpha value is -2.48. The van der Waals surface area contributed by atoms with Gasteiger partial charge in [0.2, 0.25) is 0 Å². The van der Waals surface area contributed by atoms with Crippen molar-refractivity contribution in [2.24, 2.45) is 11.8 Å². The predicted molar refractivity (Wildman–Crippen MR) is 137 cm³/mol. The van der Waals surface area contributed by atoms with E-state index in [-0.39, 0.29) is 24.3 Å². The predicted octanol–water partition coefficient (Wildman–Crippen LogP) is 3.66. The molecule has 194 valence electrons. The number of urea groups is 1. The third kappa shape index (κ3) is 7.03. The summed E-state index contributed by atoms with van der Waals surface area (Å²) >= 11 is 0. The molecule has 1 aromatic carbocycles. The highest BCUT2D eigenvalue weighted by atomic mass is 16.5. The second-order valence-corrected chi connectivity index (χ2v) is 10.4. The highest BCUT2D eigenvalue weighted by molar-refractivity contribution is 5.74. The number of hydrogen-bond donors (Lipinski definition) is 2. The van der Waals surface area contributed by atoms with E-state index in [2.05, 4.69) is 21.2 Å². The van der Waals surface area contributed by atoms with Crippen LogP contribution in [0.5, 0.6) is 5.75 Å². The normalized spacial score (nSPS) is 24.3. The first-order valence-corrected chi connectivity index (χ1v) is 13.4. The summed E-state index contributed by atoms with van der Waals surface area (Å²) in [7, 11) is 1.71. The van der Waals surface area contributed by atoms with Gasteiger partial charge in [0.05, 0.1) is 12.8 Å². The van der Waals surface area contributed by atoms with Crippen molar-refractivity contribution < 1.29 is 19.4 Å². The number of rotatable bonds is 8. The van der Waals surface area contributed by atoms with Gasteiger partial charge in [-0.3, -0.25) is 9.69 Å². The van der Waals surface area contributed by atoms with E-state index in [0.29, 0.717) is 19.1 Å². The molecule has 0 radical (unpaired) electrons. The van der Waals surface area contributed by atoms with E-state index in [9.17, 15) is 14.7 Å². The van der Waals surface area contributed by atoms with Crippen LogP contribution in [0.2, 0.25) is 0 Å². The van der Waals surface area contributed by atoms with Gasteiger partial charge in [-0.25, -0.2) is 4.79 Å². The van der Waals surface area contributed by atoms with Crippen LogP contribution in [0.25, 0.3) is 0 Å². The van der Waals surface area contributed by atoms with Gasteiger partial charge in [-0.15, -0.1) is 0 Å². The van der Waals surface area contributed by atoms with Gasteiger partial charge >= 0.3 is 12.0 Å². The maximum Gasteiger partial charge on any atom is 0.317 e. The summed E-state index contributed by atoms with van der Waals surface area (Å²) in [5, 5.41) is 12.7. The van der Waals surface area contributed by atoms with Crippen LogP contribution in [0.15, 0.2) is 24.3 Å². The number of carboxylic acid groups (broad SMARTS) is 1. The van der Waals surface area contributed by atoms with Crippen LogP contribution in [0.3, 0.4) is 0 Å². The first kappa shape index (κ1) is 25.6.